The maximum atomic E-state index is 2.23. The summed E-state index contributed by atoms with van der Waals surface area (Å²) in [7, 11) is 2.13. The molecule has 0 amide bonds. The summed E-state index contributed by atoms with van der Waals surface area (Å²) in [6, 6.07) is 24.1. The fourth-order valence-electron chi connectivity index (χ4n) is 2.75. The lowest BCUT2D eigenvalue weighted by atomic mass is 9.92. The van der Waals surface area contributed by atoms with E-state index in [9.17, 15) is 0 Å². The van der Waals surface area contributed by atoms with Crippen molar-refractivity contribution >= 4 is 44.8 Å². The van der Waals surface area contributed by atoms with Crippen molar-refractivity contribution in [1.82, 2.24) is 0 Å². The molecule has 94 valence electrons. The average molecular weight is 272 g/mol. The second-order valence-electron chi connectivity index (χ2n) is 5.14. The van der Waals surface area contributed by atoms with Gasteiger partial charge in [-0.2, -0.15) is 0 Å². The normalized spacial score (nSPS) is 11.2. The van der Waals surface area contributed by atoms with E-state index < -0.39 is 0 Å². The molecule has 0 aliphatic rings. The van der Waals surface area contributed by atoms with Crippen molar-refractivity contribution in [2.75, 3.05) is 0 Å². The zero-order valence-electron chi connectivity index (χ0n) is 11.3. The molecule has 1 heterocycles. The van der Waals surface area contributed by atoms with E-state index in [0.717, 1.165) is 0 Å². The molecule has 4 rings (SSSR count). The molecule has 0 bridgehead atoms. The van der Waals surface area contributed by atoms with Crippen LogP contribution in [0.4, 0.5) is 0 Å². The van der Waals surface area contributed by atoms with Crippen LogP contribution in [0, 0.1) is 0 Å². The number of fused-ring (bicyclic) bond motifs is 3. The highest BCUT2D eigenvalue weighted by atomic mass is 32.1. The highest BCUT2D eigenvalue weighted by Crippen LogP contribution is 2.39. The largest absolute Gasteiger partial charge is 0.139 e. The second kappa shape index (κ2) is 4.50. The maximum absolute atomic E-state index is 2.23. The summed E-state index contributed by atoms with van der Waals surface area (Å²) in [5, 5.41) is 2.75. The van der Waals surface area contributed by atoms with Gasteiger partial charge in [0.05, 0.1) is 0 Å². The fourth-order valence-corrected chi connectivity index (χ4v) is 3.88. The predicted molar refractivity (Wildman–Crippen MR) is 92.9 cm³/mol. The van der Waals surface area contributed by atoms with E-state index in [1.807, 2.05) is 11.3 Å². The number of hydrogen-bond donors (Lipinski definition) is 0. The Labute approximate surface area is 123 Å². The van der Waals surface area contributed by atoms with Crippen LogP contribution in [0.2, 0.25) is 0 Å². The van der Waals surface area contributed by atoms with Gasteiger partial charge < -0.3 is 0 Å². The first-order chi connectivity index (χ1) is 9.83. The molecule has 0 radical (unpaired) electrons. The van der Waals surface area contributed by atoms with Crippen LogP contribution in [0.5, 0.6) is 0 Å². The van der Waals surface area contributed by atoms with Crippen LogP contribution in [0.1, 0.15) is 0 Å². The molecule has 0 saturated heterocycles. The average Bonchev–Trinajstić information content (AvgIpc) is 2.86. The Morgan fingerprint density at radius 3 is 2.30 bits per heavy atom. The molecular formula is C18H13BS. The maximum Gasteiger partial charge on any atom is 0.139 e. The third-order valence-electron chi connectivity index (χ3n) is 3.77. The van der Waals surface area contributed by atoms with E-state index >= 15 is 0 Å². The lowest BCUT2D eigenvalue weighted by Crippen LogP contribution is -1.99. The van der Waals surface area contributed by atoms with Gasteiger partial charge in [-0.1, -0.05) is 60.1 Å². The van der Waals surface area contributed by atoms with Gasteiger partial charge in [-0.25, -0.2) is 0 Å². The van der Waals surface area contributed by atoms with Crippen LogP contribution in [0.3, 0.4) is 0 Å². The minimum absolute atomic E-state index is 1.30. The molecule has 2 heteroatoms. The number of hydrogen-bond acceptors (Lipinski definition) is 1. The Hall–Kier alpha value is -2.06. The number of benzene rings is 3. The molecule has 0 nitrogen and oxygen atoms in total. The molecule has 1 aromatic heterocycles. The summed E-state index contributed by atoms with van der Waals surface area (Å²) >= 11 is 1.87. The summed E-state index contributed by atoms with van der Waals surface area (Å²) in [5.74, 6) is 0. The minimum atomic E-state index is 1.30. The lowest BCUT2D eigenvalue weighted by Gasteiger charge is -2.05. The molecule has 4 aromatic rings. The van der Waals surface area contributed by atoms with Gasteiger partial charge in [-0.15, -0.1) is 11.3 Å². The lowest BCUT2D eigenvalue weighted by molar-refractivity contribution is 1.70. The zero-order chi connectivity index (χ0) is 13.5. The van der Waals surface area contributed by atoms with Crippen molar-refractivity contribution in [3.8, 4) is 11.1 Å². The molecule has 0 spiro atoms. The monoisotopic (exact) mass is 272 g/mol. The first-order valence-corrected chi connectivity index (χ1v) is 7.62. The van der Waals surface area contributed by atoms with Crippen molar-refractivity contribution in [3.05, 3.63) is 66.7 Å². The summed E-state index contributed by atoms with van der Waals surface area (Å²) in [5.41, 5.74) is 3.93. The van der Waals surface area contributed by atoms with Crippen molar-refractivity contribution in [1.29, 1.82) is 0 Å². The molecule has 3 aromatic carbocycles. The standard InChI is InChI=1S/C18H13BS/c19-13-10-8-12(9-11-13)14-5-3-7-17-18(14)15-4-1-2-6-16(15)20-17/h1-11H,19H2. The van der Waals surface area contributed by atoms with Crippen molar-refractivity contribution in [2.45, 2.75) is 0 Å². The molecule has 0 atom stereocenters. The van der Waals surface area contributed by atoms with Gasteiger partial charge in [0.25, 0.3) is 0 Å². The van der Waals surface area contributed by atoms with Crippen LogP contribution in [-0.2, 0) is 0 Å². The molecule has 20 heavy (non-hydrogen) atoms. The van der Waals surface area contributed by atoms with E-state index in [1.54, 1.807) is 0 Å². The second-order valence-corrected chi connectivity index (χ2v) is 6.23. The molecule has 0 unspecified atom stereocenters. The minimum Gasteiger partial charge on any atom is -0.135 e. The zero-order valence-corrected chi connectivity index (χ0v) is 12.1. The summed E-state index contributed by atoms with van der Waals surface area (Å²) in [6.07, 6.45) is 0. The van der Waals surface area contributed by atoms with E-state index in [1.165, 1.54) is 36.8 Å². The van der Waals surface area contributed by atoms with Gasteiger partial charge in [0.2, 0.25) is 0 Å². The van der Waals surface area contributed by atoms with Crippen LogP contribution < -0.4 is 5.46 Å². The van der Waals surface area contributed by atoms with Gasteiger partial charge in [0.1, 0.15) is 7.85 Å². The highest BCUT2D eigenvalue weighted by molar-refractivity contribution is 7.25. The smallest absolute Gasteiger partial charge is 0.135 e. The van der Waals surface area contributed by atoms with Gasteiger partial charge >= 0.3 is 0 Å². The van der Waals surface area contributed by atoms with Gasteiger partial charge in [0, 0.05) is 20.2 Å². The van der Waals surface area contributed by atoms with Crippen LogP contribution in [-0.4, -0.2) is 7.85 Å². The fraction of sp³-hybridized carbons (Fsp3) is 0. The summed E-state index contributed by atoms with van der Waals surface area (Å²) in [6.45, 7) is 0. The third-order valence-corrected chi connectivity index (χ3v) is 4.90. The van der Waals surface area contributed by atoms with Crippen molar-refractivity contribution in [3.63, 3.8) is 0 Å². The Morgan fingerprint density at radius 1 is 0.700 bits per heavy atom. The number of thiophene rings is 1. The van der Waals surface area contributed by atoms with Crippen molar-refractivity contribution in [2.24, 2.45) is 0 Å². The topological polar surface area (TPSA) is 0 Å². The molecule has 0 N–H and O–H groups in total. The van der Waals surface area contributed by atoms with Crippen molar-refractivity contribution < 1.29 is 0 Å². The van der Waals surface area contributed by atoms with Crippen LogP contribution in [0.15, 0.2) is 66.7 Å². The Balaban J connectivity index is 2.11. The Bertz CT molecular complexity index is 904. The van der Waals surface area contributed by atoms with Crippen LogP contribution >= 0.6 is 11.3 Å². The van der Waals surface area contributed by atoms with E-state index in [-0.39, 0.29) is 0 Å². The van der Waals surface area contributed by atoms with E-state index in [0.29, 0.717) is 0 Å². The first kappa shape index (κ1) is 11.7. The molecule has 0 saturated carbocycles. The predicted octanol–water partition coefficient (Wildman–Crippen LogP) is 3.98. The van der Waals surface area contributed by atoms with Gasteiger partial charge in [-0.3, -0.25) is 0 Å². The molecule has 0 aliphatic carbocycles. The summed E-state index contributed by atoms with van der Waals surface area (Å²) < 4.78 is 2.73. The van der Waals surface area contributed by atoms with Gasteiger partial charge in [0.15, 0.2) is 0 Å². The quantitative estimate of drug-likeness (QED) is 0.460. The Kier molecular flexibility index (Phi) is 2.64. The molecular weight excluding hydrogens is 259 g/mol. The SMILES string of the molecule is Bc1ccc(-c2cccc3sc4ccccc4c23)cc1. The van der Waals surface area contributed by atoms with Gasteiger partial charge in [-0.05, 0) is 23.3 Å². The number of rotatable bonds is 1. The third kappa shape index (κ3) is 1.76. The van der Waals surface area contributed by atoms with E-state index in [2.05, 4.69) is 74.6 Å². The molecule has 0 fully saturated rings. The summed E-state index contributed by atoms with van der Waals surface area (Å²) in [4.78, 5) is 0. The Morgan fingerprint density at radius 2 is 1.45 bits per heavy atom. The molecule has 0 aliphatic heterocycles. The van der Waals surface area contributed by atoms with E-state index in [4.69, 9.17) is 0 Å². The first-order valence-electron chi connectivity index (χ1n) is 6.80. The highest BCUT2D eigenvalue weighted by Gasteiger charge is 2.09. The van der Waals surface area contributed by atoms with Crippen LogP contribution in [0.25, 0.3) is 31.3 Å².